The smallest absolute Gasteiger partial charge is 0.241 e. The summed E-state index contributed by atoms with van der Waals surface area (Å²) >= 11 is 0. The monoisotopic (exact) mass is 240 g/mol. The second-order valence-corrected chi connectivity index (χ2v) is 3.93. The predicted octanol–water partition coefficient (Wildman–Crippen LogP) is 0.134. The number of unbranched alkanes of at least 4 members (excludes halogenated alkanes) is 3. The summed E-state index contributed by atoms with van der Waals surface area (Å²) in [6.07, 6.45) is 5.47. The third-order valence-electron chi connectivity index (χ3n) is 2.37. The minimum Gasteiger partial charge on any atom is -0.396 e. The van der Waals surface area contributed by atoms with Crippen LogP contribution in [0.3, 0.4) is 0 Å². The van der Waals surface area contributed by atoms with Crippen molar-refractivity contribution >= 4 is 11.7 Å². The van der Waals surface area contributed by atoms with Gasteiger partial charge in [-0.3, -0.25) is 9.48 Å². The van der Waals surface area contributed by atoms with Crippen LogP contribution in [0.1, 0.15) is 25.7 Å². The van der Waals surface area contributed by atoms with E-state index in [0.717, 1.165) is 25.7 Å². The lowest BCUT2D eigenvalue weighted by molar-refractivity contribution is -0.121. The van der Waals surface area contributed by atoms with Gasteiger partial charge in [0.15, 0.2) is 0 Å². The van der Waals surface area contributed by atoms with Crippen LogP contribution in [0.4, 0.5) is 5.82 Å². The van der Waals surface area contributed by atoms with E-state index in [4.69, 9.17) is 10.8 Å². The first-order valence-electron chi connectivity index (χ1n) is 5.89. The number of nitrogens with zero attached hydrogens (tertiary/aromatic N) is 2. The zero-order valence-electron chi connectivity index (χ0n) is 9.93. The zero-order valence-corrected chi connectivity index (χ0v) is 9.93. The van der Waals surface area contributed by atoms with Crippen LogP contribution in [0, 0.1) is 0 Å². The van der Waals surface area contributed by atoms with Gasteiger partial charge in [-0.25, -0.2) is 0 Å². The van der Waals surface area contributed by atoms with Gasteiger partial charge in [-0.05, 0) is 18.9 Å². The van der Waals surface area contributed by atoms with Gasteiger partial charge in [-0.2, -0.15) is 5.10 Å². The fourth-order valence-corrected chi connectivity index (χ4v) is 1.49. The molecule has 0 atom stereocenters. The molecule has 0 fully saturated rings. The molecule has 0 spiro atoms. The van der Waals surface area contributed by atoms with Crippen molar-refractivity contribution in [2.45, 2.75) is 32.2 Å². The summed E-state index contributed by atoms with van der Waals surface area (Å²) in [5, 5.41) is 15.3. The fourth-order valence-electron chi connectivity index (χ4n) is 1.49. The molecule has 0 saturated heterocycles. The van der Waals surface area contributed by atoms with Crippen molar-refractivity contribution in [2.75, 3.05) is 18.9 Å². The topological polar surface area (TPSA) is 93.2 Å². The molecule has 0 aliphatic carbocycles. The van der Waals surface area contributed by atoms with Gasteiger partial charge in [0, 0.05) is 19.3 Å². The Labute approximate surface area is 101 Å². The number of anilines is 1. The maximum absolute atomic E-state index is 11.5. The standard InChI is InChI=1S/C11H20N4O2/c12-10-5-7-15(14-10)9-11(17)13-6-3-1-2-4-8-16/h5,7,16H,1-4,6,8-9H2,(H2,12,14)(H,13,17). The first kappa shape index (κ1) is 13.5. The zero-order chi connectivity index (χ0) is 12.5. The number of nitrogens with two attached hydrogens (primary N) is 1. The molecule has 0 unspecified atom stereocenters. The van der Waals surface area contributed by atoms with Crippen molar-refractivity contribution in [1.29, 1.82) is 0 Å². The lowest BCUT2D eigenvalue weighted by atomic mass is 10.2. The molecule has 4 N–H and O–H groups in total. The number of nitrogens with one attached hydrogen (secondary N) is 1. The Morgan fingerprint density at radius 1 is 1.41 bits per heavy atom. The molecule has 0 radical (unpaired) electrons. The maximum Gasteiger partial charge on any atom is 0.241 e. The molecule has 0 saturated carbocycles. The molecule has 6 heteroatoms. The van der Waals surface area contributed by atoms with E-state index in [-0.39, 0.29) is 19.1 Å². The lowest BCUT2D eigenvalue weighted by Gasteiger charge is -2.05. The summed E-state index contributed by atoms with van der Waals surface area (Å²) in [6.45, 7) is 1.11. The van der Waals surface area contributed by atoms with Crippen LogP contribution in [0.5, 0.6) is 0 Å². The second kappa shape index (κ2) is 7.67. The predicted molar refractivity (Wildman–Crippen MR) is 65.2 cm³/mol. The molecule has 0 aliphatic heterocycles. The first-order chi connectivity index (χ1) is 8.22. The third kappa shape index (κ3) is 5.91. The van der Waals surface area contributed by atoms with Crippen LogP contribution in [0.15, 0.2) is 12.3 Å². The highest BCUT2D eigenvalue weighted by atomic mass is 16.2. The normalized spacial score (nSPS) is 10.4. The van der Waals surface area contributed by atoms with Gasteiger partial charge in [0.2, 0.25) is 5.91 Å². The highest BCUT2D eigenvalue weighted by Gasteiger charge is 2.02. The Morgan fingerprint density at radius 2 is 2.18 bits per heavy atom. The molecule has 0 bridgehead atoms. The van der Waals surface area contributed by atoms with Crippen molar-refractivity contribution in [3.63, 3.8) is 0 Å². The third-order valence-corrected chi connectivity index (χ3v) is 2.37. The van der Waals surface area contributed by atoms with E-state index in [2.05, 4.69) is 10.4 Å². The van der Waals surface area contributed by atoms with Crippen LogP contribution < -0.4 is 11.1 Å². The van der Waals surface area contributed by atoms with Crippen molar-refractivity contribution in [1.82, 2.24) is 15.1 Å². The fraction of sp³-hybridized carbons (Fsp3) is 0.636. The maximum atomic E-state index is 11.5. The number of amides is 1. The second-order valence-electron chi connectivity index (χ2n) is 3.93. The largest absolute Gasteiger partial charge is 0.396 e. The van der Waals surface area contributed by atoms with E-state index >= 15 is 0 Å². The number of aromatic nitrogens is 2. The number of aliphatic hydroxyl groups is 1. The Balaban J connectivity index is 2.05. The first-order valence-corrected chi connectivity index (χ1v) is 5.89. The number of aliphatic hydroxyl groups excluding tert-OH is 1. The SMILES string of the molecule is Nc1ccn(CC(=O)NCCCCCCO)n1. The number of rotatable bonds is 8. The number of carbonyl (C=O) groups excluding carboxylic acids is 1. The molecule has 1 aromatic rings. The number of hydrogen-bond acceptors (Lipinski definition) is 4. The lowest BCUT2D eigenvalue weighted by Crippen LogP contribution is -2.28. The summed E-state index contributed by atoms with van der Waals surface area (Å²) in [5.41, 5.74) is 5.44. The van der Waals surface area contributed by atoms with E-state index < -0.39 is 0 Å². The Kier molecular flexibility index (Phi) is 6.09. The van der Waals surface area contributed by atoms with Gasteiger partial charge in [0.1, 0.15) is 12.4 Å². The summed E-state index contributed by atoms with van der Waals surface area (Å²) in [4.78, 5) is 11.5. The highest BCUT2D eigenvalue weighted by Crippen LogP contribution is 1.98. The Bertz CT molecular complexity index is 338. The summed E-state index contributed by atoms with van der Waals surface area (Å²) in [7, 11) is 0. The quantitative estimate of drug-likeness (QED) is 0.563. The van der Waals surface area contributed by atoms with Crippen LogP contribution >= 0.6 is 0 Å². The molecule has 1 amide bonds. The average molecular weight is 240 g/mol. The van der Waals surface area contributed by atoms with Crippen molar-refractivity contribution in [2.24, 2.45) is 0 Å². The molecule has 0 aromatic carbocycles. The van der Waals surface area contributed by atoms with E-state index in [0.29, 0.717) is 12.4 Å². The molecular formula is C11H20N4O2. The molecule has 1 aromatic heterocycles. The Morgan fingerprint density at radius 3 is 2.82 bits per heavy atom. The van der Waals surface area contributed by atoms with Crippen LogP contribution in [0.25, 0.3) is 0 Å². The van der Waals surface area contributed by atoms with E-state index in [1.165, 1.54) is 4.68 Å². The van der Waals surface area contributed by atoms with E-state index in [1.54, 1.807) is 12.3 Å². The molecule has 96 valence electrons. The molecular weight excluding hydrogens is 220 g/mol. The molecule has 0 aliphatic rings. The highest BCUT2D eigenvalue weighted by molar-refractivity contribution is 5.75. The van der Waals surface area contributed by atoms with Gasteiger partial charge in [-0.1, -0.05) is 12.8 Å². The van der Waals surface area contributed by atoms with E-state index in [1.807, 2.05) is 0 Å². The molecule has 1 heterocycles. The summed E-state index contributed by atoms with van der Waals surface area (Å²) in [6, 6.07) is 1.65. The van der Waals surface area contributed by atoms with Crippen molar-refractivity contribution < 1.29 is 9.90 Å². The number of hydrogen-bond donors (Lipinski definition) is 3. The van der Waals surface area contributed by atoms with Crippen molar-refractivity contribution in [3.8, 4) is 0 Å². The van der Waals surface area contributed by atoms with Crippen LogP contribution in [-0.4, -0.2) is 33.9 Å². The van der Waals surface area contributed by atoms with Gasteiger partial charge in [-0.15, -0.1) is 0 Å². The molecule has 1 rings (SSSR count). The average Bonchev–Trinajstić information content (AvgIpc) is 2.69. The van der Waals surface area contributed by atoms with Gasteiger partial charge >= 0.3 is 0 Å². The van der Waals surface area contributed by atoms with Crippen LogP contribution in [0.2, 0.25) is 0 Å². The summed E-state index contributed by atoms with van der Waals surface area (Å²) in [5.74, 6) is 0.358. The van der Waals surface area contributed by atoms with Gasteiger partial charge < -0.3 is 16.2 Å². The minimum atomic E-state index is -0.0599. The van der Waals surface area contributed by atoms with Crippen molar-refractivity contribution in [3.05, 3.63) is 12.3 Å². The molecule has 6 nitrogen and oxygen atoms in total. The van der Waals surface area contributed by atoms with Gasteiger partial charge in [0.05, 0.1) is 0 Å². The minimum absolute atomic E-state index is 0.0599. The Hall–Kier alpha value is -1.56. The van der Waals surface area contributed by atoms with Gasteiger partial charge in [0.25, 0.3) is 0 Å². The van der Waals surface area contributed by atoms with Crippen LogP contribution in [-0.2, 0) is 11.3 Å². The molecule has 17 heavy (non-hydrogen) atoms. The number of nitrogen functional groups attached to an aromatic ring is 1. The number of carbonyl (C=O) groups is 1. The summed E-state index contributed by atoms with van der Waals surface area (Å²) < 4.78 is 1.51. The van der Waals surface area contributed by atoms with E-state index in [9.17, 15) is 4.79 Å².